The molecule has 2 saturated heterocycles. The lowest BCUT2D eigenvalue weighted by Crippen LogP contribution is -2.42. The minimum atomic E-state index is -0.931. The molecule has 5 heteroatoms. The van der Waals surface area contributed by atoms with Crippen LogP contribution in [0.1, 0.15) is 37.7 Å². The number of hydrogen-bond acceptors (Lipinski definition) is 4. The Morgan fingerprint density at radius 3 is 2.55 bits per heavy atom. The predicted molar refractivity (Wildman–Crippen MR) is 78.6 cm³/mol. The van der Waals surface area contributed by atoms with Crippen molar-refractivity contribution in [3.8, 4) is 0 Å². The highest BCUT2D eigenvalue weighted by molar-refractivity contribution is 5.85. The highest BCUT2D eigenvalue weighted by Gasteiger charge is 2.59. The fourth-order valence-electron chi connectivity index (χ4n) is 3.79. The maximum absolute atomic E-state index is 12.6. The predicted octanol–water partition coefficient (Wildman–Crippen LogP) is 1.79. The fraction of sp³-hybridized carbons (Fsp3) is 0.588. The van der Waals surface area contributed by atoms with Gasteiger partial charge in [0.15, 0.2) is 18.1 Å². The van der Waals surface area contributed by atoms with Gasteiger partial charge in [-0.2, -0.15) is 0 Å². The first-order chi connectivity index (χ1) is 10.7. The SMILES string of the molecule is O=C1[C@@H]2OC3(CCCCC3)O[C@@H]2[C@@H](O)N1Cc1ccccc1. The molecule has 0 bridgehead atoms. The third-order valence-corrected chi connectivity index (χ3v) is 4.94. The normalized spacial score (nSPS) is 33.4. The van der Waals surface area contributed by atoms with E-state index in [0.717, 1.165) is 31.2 Å². The highest BCUT2D eigenvalue weighted by atomic mass is 16.8. The summed E-state index contributed by atoms with van der Waals surface area (Å²) in [5.74, 6) is -0.799. The number of amides is 1. The van der Waals surface area contributed by atoms with Gasteiger partial charge in [0.2, 0.25) is 0 Å². The van der Waals surface area contributed by atoms with Crippen LogP contribution in [0.4, 0.5) is 0 Å². The highest BCUT2D eigenvalue weighted by Crippen LogP contribution is 2.44. The Balaban J connectivity index is 1.50. The summed E-state index contributed by atoms with van der Waals surface area (Å²) in [4.78, 5) is 14.0. The first kappa shape index (κ1) is 14.2. The number of hydrogen-bond donors (Lipinski definition) is 1. The van der Waals surface area contributed by atoms with E-state index in [1.807, 2.05) is 30.3 Å². The number of fused-ring (bicyclic) bond motifs is 1. The van der Waals surface area contributed by atoms with Gasteiger partial charge in [-0.3, -0.25) is 4.79 Å². The standard InChI is InChI=1S/C17H21NO4/c19-15-13-14(22-17(21-13)9-5-2-6-10-17)16(20)18(15)11-12-7-3-1-4-8-12/h1,3-4,7-8,13-15,19H,2,5-6,9-11H2/t13-,14+,15+/m0/s1. The Kier molecular flexibility index (Phi) is 3.44. The Labute approximate surface area is 129 Å². The molecule has 22 heavy (non-hydrogen) atoms. The van der Waals surface area contributed by atoms with Crippen LogP contribution in [-0.4, -0.2) is 40.1 Å². The summed E-state index contributed by atoms with van der Waals surface area (Å²) in [6.07, 6.45) is 2.78. The first-order valence-electron chi connectivity index (χ1n) is 8.07. The average Bonchev–Trinajstić information content (AvgIpc) is 3.00. The monoisotopic (exact) mass is 303 g/mol. The van der Waals surface area contributed by atoms with Gasteiger partial charge in [-0.15, -0.1) is 0 Å². The molecule has 2 aliphatic heterocycles. The second-order valence-corrected chi connectivity index (χ2v) is 6.46. The van der Waals surface area contributed by atoms with Gasteiger partial charge in [0, 0.05) is 19.4 Å². The molecule has 1 spiro atoms. The van der Waals surface area contributed by atoms with E-state index in [-0.39, 0.29) is 5.91 Å². The number of carbonyl (C=O) groups excluding carboxylic acids is 1. The molecule has 3 fully saturated rings. The topological polar surface area (TPSA) is 59.0 Å². The van der Waals surface area contributed by atoms with Crippen LogP contribution in [0, 0.1) is 0 Å². The van der Waals surface area contributed by atoms with Crippen molar-refractivity contribution in [3.63, 3.8) is 0 Å². The van der Waals surface area contributed by atoms with E-state index in [1.54, 1.807) is 0 Å². The molecule has 1 aliphatic carbocycles. The van der Waals surface area contributed by atoms with Crippen molar-refractivity contribution in [2.24, 2.45) is 0 Å². The first-order valence-corrected chi connectivity index (χ1v) is 8.07. The Morgan fingerprint density at radius 2 is 1.86 bits per heavy atom. The minimum Gasteiger partial charge on any atom is -0.371 e. The fourth-order valence-corrected chi connectivity index (χ4v) is 3.79. The summed E-state index contributed by atoms with van der Waals surface area (Å²) in [6, 6.07) is 9.66. The molecule has 4 rings (SSSR count). The van der Waals surface area contributed by atoms with E-state index < -0.39 is 24.2 Å². The van der Waals surface area contributed by atoms with E-state index in [2.05, 4.69) is 0 Å². The van der Waals surface area contributed by atoms with Crippen LogP contribution < -0.4 is 0 Å². The van der Waals surface area contributed by atoms with Crippen LogP contribution >= 0.6 is 0 Å². The number of carbonyl (C=O) groups is 1. The van der Waals surface area contributed by atoms with Crippen molar-refractivity contribution >= 4 is 5.91 Å². The molecule has 3 aliphatic rings. The van der Waals surface area contributed by atoms with Crippen molar-refractivity contribution in [3.05, 3.63) is 35.9 Å². The molecular formula is C17H21NO4. The lowest BCUT2D eigenvalue weighted by molar-refractivity contribution is -0.218. The summed E-state index contributed by atoms with van der Waals surface area (Å²) >= 11 is 0. The molecule has 118 valence electrons. The quantitative estimate of drug-likeness (QED) is 0.905. The molecule has 0 radical (unpaired) electrons. The zero-order valence-electron chi connectivity index (χ0n) is 12.5. The summed E-state index contributed by atoms with van der Waals surface area (Å²) in [5, 5.41) is 10.5. The lowest BCUT2D eigenvalue weighted by atomic mass is 9.94. The molecule has 1 amide bonds. The second-order valence-electron chi connectivity index (χ2n) is 6.46. The number of aliphatic hydroxyl groups is 1. The van der Waals surface area contributed by atoms with Crippen LogP contribution in [0.25, 0.3) is 0 Å². The summed E-state index contributed by atoms with van der Waals surface area (Å²) in [5.41, 5.74) is 0.988. The number of aliphatic hydroxyl groups excluding tert-OH is 1. The maximum Gasteiger partial charge on any atom is 0.257 e. The molecule has 5 nitrogen and oxygen atoms in total. The van der Waals surface area contributed by atoms with Crippen LogP contribution in [0.2, 0.25) is 0 Å². The molecule has 1 saturated carbocycles. The summed E-state index contributed by atoms with van der Waals surface area (Å²) < 4.78 is 12.0. The zero-order chi connectivity index (χ0) is 15.2. The van der Waals surface area contributed by atoms with Crippen molar-refractivity contribution < 1.29 is 19.4 Å². The van der Waals surface area contributed by atoms with Gasteiger partial charge in [0.25, 0.3) is 5.91 Å². The molecule has 3 atom stereocenters. The van der Waals surface area contributed by atoms with E-state index in [4.69, 9.17) is 9.47 Å². The van der Waals surface area contributed by atoms with E-state index in [0.29, 0.717) is 6.54 Å². The van der Waals surface area contributed by atoms with Crippen LogP contribution in [0.5, 0.6) is 0 Å². The third-order valence-electron chi connectivity index (χ3n) is 4.94. The Bertz CT molecular complexity index is 555. The van der Waals surface area contributed by atoms with Gasteiger partial charge < -0.3 is 19.5 Å². The van der Waals surface area contributed by atoms with Gasteiger partial charge in [0.05, 0.1) is 0 Å². The van der Waals surface area contributed by atoms with E-state index in [9.17, 15) is 9.90 Å². The van der Waals surface area contributed by atoms with Gasteiger partial charge in [-0.05, 0) is 18.4 Å². The average molecular weight is 303 g/mol. The number of likely N-dealkylation sites (tertiary alicyclic amines) is 1. The van der Waals surface area contributed by atoms with Gasteiger partial charge in [-0.25, -0.2) is 0 Å². The van der Waals surface area contributed by atoms with Crippen LogP contribution in [0.3, 0.4) is 0 Å². The maximum atomic E-state index is 12.6. The summed E-state index contributed by atoms with van der Waals surface area (Å²) in [7, 11) is 0. The van der Waals surface area contributed by atoms with Gasteiger partial charge >= 0.3 is 0 Å². The Morgan fingerprint density at radius 1 is 1.14 bits per heavy atom. The van der Waals surface area contributed by atoms with Crippen molar-refractivity contribution in [2.45, 2.75) is 62.9 Å². The van der Waals surface area contributed by atoms with Crippen molar-refractivity contribution in [1.82, 2.24) is 4.90 Å². The van der Waals surface area contributed by atoms with E-state index in [1.165, 1.54) is 11.3 Å². The third kappa shape index (κ3) is 2.24. The number of ether oxygens (including phenoxy) is 2. The smallest absolute Gasteiger partial charge is 0.257 e. The van der Waals surface area contributed by atoms with Crippen molar-refractivity contribution in [2.75, 3.05) is 0 Å². The Hall–Kier alpha value is -1.43. The van der Waals surface area contributed by atoms with Gasteiger partial charge in [-0.1, -0.05) is 36.8 Å². The molecule has 1 N–H and O–H groups in total. The van der Waals surface area contributed by atoms with Crippen LogP contribution in [0.15, 0.2) is 30.3 Å². The van der Waals surface area contributed by atoms with Gasteiger partial charge in [0.1, 0.15) is 6.10 Å². The number of benzene rings is 1. The van der Waals surface area contributed by atoms with Crippen LogP contribution in [-0.2, 0) is 20.8 Å². The summed E-state index contributed by atoms with van der Waals surface area (Å²) in [6.45, 7) is 0.382. The lowest BCUT2D eigenvalue weighted by Gasteiger charge is -2.34. The van der Waals surface area contributed by atoms with E-state index >= 15 is 0 Å². The number of rotatable bonds is 2. The largest absolute Gasteiger partial charge is 0.371 e. The second kappa shape index (κ2) is 5.33. The molecule has 0 unspecified atom stereocenters. The molecule has 0 aromatic heterocycles. The minimum absolute atomic E-state index is 0.163. The molecule has 1 aromatic carbocycles. The number of nitrogens with zero attached hydrogens (tertiary/aromatic N) is 1. The molecule has 2 heterocycles. The zero-order valence-corrected chi connectivity index (χ0v) is 12.5. The molecule has 1 aromatic rings. The molecular weight excluding hydrogens is 282 g/mol. The van der Waals surface area contributed by atoms with Crippen molar-refractivity contribution in [1.29, 1.82) is 0 Å².